The lowest BCUT2D eigenvalue weighted by Gasteiger charge is -2.11. The van der Waals surface area contributed by atoms with E-state index in [4.69, 9.17) is 4.98 Å². The van der Waals surface area contributed by atoms with Crippen LogP contribution < -0.4 is 0 Å². The van der Waals surface area contributed by atoms with Crippen molar-refractivity contribution in [1.29, 1.82) is 0 Å². The van der Waals surface area contributed by atoms with Gasteiger partial charge in [0, 0.05) is 50.2 Å². The van der Waals surface area contributed by atoms with Gasteiger partial charge in [-0.15, -0.1) is 0 Å². The molecular formula is C41H27N3. The number of aromatic nitrogens is 3. The van der Waals surface area contributed by atoms with Gasteiger partial charge in [-0.05, 0) is 66.0 Å². The number of hydrogen-bond donors (Lipinski definition) is 0. The number of benzene rings is 6. The maximum atomic E-state index is 5.29. The molecule has 0 radical (unpaired) electrons. The summed E-state index contributed by atoms with van der Waals surface area (Å²) >= 11 is 0. The molecule has 9 aromatic rings. The minimum Gasteiger partial charge on any atom is -0.317 e. The SMILES string of the molecule is c1ccc(-c2nc(-c3ccc4c(c3)c3c5ccn(-c6ccccc6)c5ccc3n4-c3ccccc3)cc3ccccc23)cc1. The molecule has 0 saturated carbocycles. The summed E-state index contributed by atoms with van der Waals surface area (Å²) in [7, 11) is 0. The molecule has 44 heavy (non-hydrogen) atoms. The van der Waals surface area contributed by atoms with Gasteiger partial charge in [-0.3, -0.25) is 0 Å². The summed E-state index contributed by atoms with van der Waals surface area (Å²) in [5.41, 5.74) is 10.1. The Kier molecular flexibility index (Phi) is 5.50. The van der Waals surface area contributed by atoms with Gasteiger partial charge in [-0.25, -0.2) is 4.98 Å². The smallest absolute Gasteiger partial charge is 0.0787 e. The van der Waals surface area contributed by atoms with Crippen molar-refractivity contribution in [2.45, 2.75) is 0 Å². The van der Waals surface area contributed by atoms with E-state index in [1.54, 1.807) is 0 Å². The molecule has 0 aliphatic carbocycles. The summed E-state index contributed by atoms with van der Waals surface area (Å²) in [5, 5.41) is 6.05. The lowest BCUT2D eigenvalue weighted by atomic mass is 10.00. The Bertz CT molecular complexity index is 2470. The maximum absolute atomic E-state index is 5.29. The minimum atomic E-state index is 0.971. The zero-order valence-electron chi connectivity index (χ0n) is 23.9. The van der Waals surface area contributed by atoms with Crippen molar-refractivity contribution in [2.75, 3.05) is 0 Å². The summed E-state index contributed by atoms with van der Waals surface area (Å²) in [5.74, 6) is 0. The van der Waals surface area contributed by atoms with Gasteiger partial charge in [-0.1, -0.05) is 97.1 Å². The highest BCUT2D eigenvalue weighted by molar-refractivity contribution is 6.21. The molecule has 3 aromatic heterocycles. The van der Waals surface area contributed by atoms with Crippen LogP contribution in [0.4, 0.5) is 0 Å². The summed E-state index contributed by atoms with van der Waals surface area (Å²) in [6, 6.07) is 56.1. The molecule has 0 amide bonds. The fourth-order valence-corrected chi connectivity index (χ4v) is 6.73. The van der Waals surface area contributed by atoms with Crippen LogP contribution in [0.25, 0.3) is 77.4 Å². The monoisotopic (exact) mass is 561 g/mol. The molecule has 3 heteroatoms. The molecule has 0 atom stereocenters. The molecule has 0 bridgehead atoms. The molecule has 0 N–H and O–H groups in total. The van der Waals surface area contributed by atoms with E-state index in [9.17, 15) is 0 Å². The maximum Gasteiger partial charge on any atom is 0.0787 e. The first kappa shape index (κ1) is 24.6. The van der Waals surface area contributed by atoms with Crippen LogP contribution in [-0.4, -0.2) is 14.1 Å². The largest absolute Gasteiger partial charge is 0.317 e. The second-order valence-corrected chi connectivity index (χ2v) is 11.3. The summed E-state index contributed by atoms with van der Waals surface area (Å²) in [6.45, 7) is 0. The molecule has 9 rings (SSSR count). The van der Waals surface area contributed by atoms with Crippen LogP contribution in [0.3, 0.4) is 0 Å². The summed E-state index contributed by atoms with van der Waals surface area (Å²) in [6.07, 6.45) is 2.19. The second kappa shape index (κ2) is 9.82. The first-order chi connectivity index (χ1) is 21.8. The van der Waals surface area contributed by atoms with Crippen LogP contribution in [-0.2, 0) is 0 Å². The lowest BCUT2D eigenvalue weighted by molar-refractivity contribution is 1.13. The van der Waals surface area contributed by atoms with E-state index < -0.39 is 0 Å². The molecule has 6 aromatic carbocycles. The van der Waals surface area contributed by atoms with Gasteiger partial charge in [0.15, 0.2) is 0 Å². The van der Waals surface area contributed by atoms with E-state index in [-0.39, 0.29) is 0 Å². The Morgan fingerprint density at radius 2 is 1.09 bits per heavy atom. The van der Waals surface area contributed by atoms with Crippen molar-refractivity contribution in [3.63, 3.8) is 0 Å². The number of rotatable bonds is 4. The molecule has 3 heterocycles. The zero-order valence-corrected chi connectivity index (χ0v) is 23.9. The predicted octanol–water partition coefficient (Wildman–Crippen LogP) is 10.6. The molecular weight excluding hydrogens is 534 g/mol. The third kappa shape index (κ3) is 3.80. The van der Waals surface area contributed by atoms with Gasteiger partial charge in [0.2, 0.25) is 0 Å². The Hall–Kier alpha value is -5.93. The number of para-hydroxylation sites is 2. The average molecular weight is 562 g/mol. The minimum absolute atomic E-state index is 0.971. The Morgan fingerprint density at radius 3 is 1.89 bits per heavy atom. The van der Waals surface area contributed by atoms with Crippen molar-refractivity contribution >= 4 is 43.5 Å². The third-order valence-corrected chi connectivity index (χ3v) is 8.73. The van der Waals surface area contributed by atoms with Crippen LogP contribution in [0.2, 0.25) is 0 Å². The van der Waals surface area contributed by atoms with Gasteiger partial charge < -0.3 is 9.13 Å². The number of hydrogen-bond acceptors (Lipinski definition) is 1. The zero-order chi connectivity index (χ0) is 29.0. The molecule has 0 aliphatic heterocycles. The van der Waals surface area contributed by atoms with E-state index in [1.165, 1.54) is 38.1 Å². The number of fused-ring (bicyclic) bond motifs is 6. The Balaban J connectivity index is 1.34. The predicted molar refractivity (Wildman–Crippen MR) is 184 cm³/mol. The lowest BCUT2D eigenvalue weighted by Crippen LogP contribution is -1.94. The average Bonchev–Trinajstić information content (AvgIpc) is 3.68. The van der Waals surface area contributed by atoms with E-state index in [0.29, 0.717) is 0 Å². The van der Waals surface area contributed by atoms with E-state index in [0.717, 1.165) is 39.3 Å². The van der Waals surface area contributed by atoms with E-state index >= 15 is 0 Å². The van der Waals surface area contributed by atoms with Gasteiger partial charge >= 0.3 is 0 Å². The van der Waals surface area contributed by atoms with Crippen LogP contribution in [0.5, 0.6) is 0 Å². The third-order valence-electron chi connectivity index (χ3n) is 8.73. The molecule has 0 saturated heterocycles. The number of nitrogens with zero attached hydrogens (tertiary/aromatic N) is 3. The molecule has 0 spiro atoms. The van der Waals surface area contributed by atoms with Crippen molar-refractivity contribution in [3.05, 3.63) is 164 Å². The molecule has 0 unspecified atom stereocenters. The summed E-state index contributed by atoms with van der Waals surface area (Å²) in [4.78, 5) is 5.29. The van der Waals surface area contributed by atoms with Crippen LogP contribution in [0.1, 0.15) is 0 Å². The van der Waals surface area contributed by atoms with E-state index in [2.05, 4.69) is 173 Å². The van der Waals surface area contributed by atoms with Gasteiger partial charge in [0.05, 0.1) is 27.9 Å². The highest BCUT2D eigenvalue weighted by Gasteiger charge is 2.18. The van der Waals surface area contributed by atoms with Crippen molar-refractivity contribution < 1.29 is 0 Å². The van der Waals surface area contributed by atoms with Gasteiger partial charge in [-0.2, -0.15) is 0 Å². The van der Waals surface area contributed by atoms with Crippen LogP contribution >= 0.6 is 0 Å². The fourth-order valence-electron chi connectivity index (χ4n) is 6.73. The molecule has 3 nitrogen and oxygen atoms in total. The summed E-state index contributed by atoms with van der Waals surface area (Å²) < 4.78 is 4.66. The second-order valence-electron chi connectivity index (χ2n) is 11.3. The molecule has 0 aliphatic rings. The van der Waals surface area contributed by atoms with E-state index in [1.807, 2.05) is 0 Å². The first-order valence-electron chi connectivity index (χ1n) is 15.0. The van der Waals surface area contributed by atoms with Crippen molar-refractivity contribution in [3.8, 4) is 33.9 Å². The quantitative estimate of drug-likeness (QED) is 0.210. The van der Waals surface area contributed by atoms with Crippen LogP contribution in [0.15, 0.2) is 164 Å². The number of pyridine rings is 1. The first-order valence-corrected chi connectivity index (χ1v) is 15.0. The highest BCUT2D eigenvalue weighted by atomic mass is 15.0. The van der Waals surface area contributed by atoms with Crippen molar-refractivity contribution in [2.24, 2.45) is 0 Å². The van der Waals surface area contributed by atoms with Crippen LogP contribution in [0, 0.1) is 0 Å². The van der Waals surface area contributed by atoms with Crippen molar-refractivity contribution in [1.82, 2.24) is 14.1 Å². The Labute approximate surface area is 254 Å². The normalized spacial score (nSPS) is 11.6. The molecule has 0 fully saturated rings. The van der Waals surface area contributed by atoms with Gasteiger partial charge in [0.25, 0.3) is 0 Å². The standard InChI is InChI=1S/C41H27N3/c1-4-12-28(13-5-1)41-33-19-11-10-14-29(33)27-36(42-41)30-20-21-38-35(26-30)40-34-24-25-43(31-15-6-2-7-16-31)37(34)22-23-39(40)44(38)32-17-8-3-9-18-32/h1-27H. The fraction of sp³-hybridized carbons (Fsp3) is 0. The van der Waals surface area contributed by atoms with Gasteiger partial charge in [0.1, 0.15) is 0 Å². The topological polar surface area (TPSA) is 22.8 Å². The molecule has 206 valence electrons. The highest BCUT2D eigenvalue weighted by Crippen LogP contribution is 2.40. The Morgan fingerprint density at radius 1 is 0.432 bits per heavy atom.